The van der Waals surface area contributed by atoms with E-state index in [1.807, 2.05) is 0 Å². The van der Waals surface area contributed by atoms with Gasteiger partial charge < -0.3 is 15.7 Å². The molecule has 0 saturated heterocycles. The van der Waals surface area contributed by atoms with E-state index in [9.17, 15) is 9.59 Å². The van der Waals surface area contributed by atoms with Crippen LogP contribution in [0.2, 0.25) is 0 Å². The highest BCUT2D eigenvalue weighted by atomic mass is 16.4. The molecule has 0 aliphatic heterocycles. The number of aromatic nitrogens is 4. The molecule has 9 heteroatoms. The van der Waals surface area contributed by atoms with E-state index in [0.717, 1.165) is 0 Å². The summed E-state index contributed by atoms with van der Waals surface area (Å²) in [5.41, 5.74) is 0. The van der Waals surface area contributed by atoms with Crippen molar-refractivity contribution >= 4 is 12.0 Å². The van der Waals surface area contributed by atoms with Crippen molar-refractivity contribution in [3.8, 4) is 0 Å². The molecule has 0 spiro atoms. The molecule has 1 rings (SSSR count). The number of urea groups is 1. The highest BCUT2D eigenvalue weighted by molar-refractivity contribution is 5.82. The van der Waals surface area contributed by atoms with Gasteiger partial charge in [0.25, 0.3) is 0 Å². The van der Waals surface area contributed by atoms with Gasteiger partial charge in [-0.15, -0.1) is 10.2 Å². The van der Waals surface area contributed by atoms with Gasteiger partial charge in [0, 0.05) is 0 Å². The molecule has 100 valence electrons. The molecule has 0 saturated carbocycles. The first-order chi connectivity index (χ1) is 8.41. The van der Waals surface area contributed by atoms with Crippen molar-refractivity contribution in [3.05, 3.63) is 5.82 Å². The minimum atomic E-state index is -1.08. The largest absolute Gasteiger partial charge is 0.480 e. The lowest BCUT2D eigenvalue weighted by molar-refractivity contribution is -0.140. The monoisotopic (exact) mass is 256 g/mol. The zero-order valence-corrected chi connectivity index (χ0v) is 10.3. The number of nitrogens with one attached hydrogen (secondary N) is 3. The van der Waals surface area contributed by atoms with Crippen LogP contribution in [0, 0.1) is 5.92 Å². The van der Waals surface area contributed by atoms with Crippen LogP contribution in [0.15, 0.2) is 0 Å². The molecule has 0 aliphatic rings. The fourth-order valence-electron chi connectivity index (χ4n) is 1.31. The zero-order valence-electron chi connectivity index (χ0n) is 10.3. The summed E-state index contributed by atoms with van der Waals surface area (Å²) < 4.78 is 0. The van der Waals surface area contributed by atoms with Gasteiger partial charge >= 0.3 is 12.0 Å². The van der Waals surface area contributed by atoms with Gasteiger partial charge in [-0.25, -0.2) is 9.59 Å². The van der Waals surface area contributed by atoms with Gasteiger partial charge in [-0.3, -0.25) is 0 Å². The first kappa shape index (κ1) is 13.9. The molecular weight excluding hydrogens is 240 g/mol. The minimum Gasteiger partial charge on any atom is -0.480 e. The molecule has 1 unspecified atom stereocenters. The number of aliphatic carboxylic acids is 1. The van der Waals surface area contributed by atoms with Gasteiger partial charge in [0.05, 0.1) is 6.04 Å². The van der Waals surface area contributed by atoms with E-state index in [1.54, 1.807) is 20.8 Å². The molecule has 2 amide bonds. The molecule has 0 aliphatic carbocycles. The number of carbonyl (C=O) groups is 2. The SMILES string of the molecule is CC(NC(=O)N[C@H](C(=O)O)C(C)C)c1nn[nH]n1. The molecule has 0 bridgehead atoms. The number of hydrogen-bond acceptors (Lipinski definition) is 5. The Kier molecular flexibility index (Phi) is 4.58. The summed E-state index contributed by atoms with van der Waals surface area (Å²) in [5.74, 6) is -0.970. The number of tetrazole rings is 1. The Bertz CT molecular complexity index is 404. The molecule has 1 aromatic heterocycles. The van der Waals surface area contributed by atoms with Crippen molar-refractivity contribution in [2.45, 2.75) is 32.9 Å². The summed E-state index contributed by atoms with van der Waals surface area (Å²) in [6.45, 7) is 5.08. The van der Waals surface area contributed by atoms with Gasteiger partial charge in [-0.1, -0.05) is 19.1 Å². The number of carboxylic acid groups (broad SMARTS) is 1. The van der Waals surface area contributed by atoms with Crippen LogP contribution >= 0.6 is 0 Å². The van der Waals surface area contributed by atoms with E-state index in [2.05, 4.69) is 31.3 Å². The van der Waals surface area contributed by atoms with Crippen molar-refractivity contribution in [3.63, 3.8) is 0 Å². The van der Waals surface area contributed by atoms with Crippen molar-refractivity contribution in [2.75, 3.05) is 0 Å². The van der Waals surface area contributed by atoms with Crippen LogP contribution in [0.25, 0.3) is 0 Å². The summed E-state index contributed by atoms with van der Waals surface area (Å²) >= 11 is 0. The Labute approximate surface area is 103 Å². The van der Waals surface area contributed by atoms with Crippen LogP contribution in [0.3, 0.4) is 0 Å². The van der Waals surface area contributed by atoms with E-state index in [4.69, 9.17) is 5.11 Å². The number of aromatic amines is 1. The third-order valence-electron chi connectivity index (χ3n) is 2.32. The lowest BCUT2D eigenvalue weighted by Gasteiger charge is -2.19. The molecule has 18 heavy (non-hydrogen) atoms. The van der Waals surface area contributed by atoms with Gasteiger partial charge in [0.2, 0.25) is 0 Å². The smallest absolute Gasteiger partial charge is 0.326 e. The van der Waals surface area contributed by atoms with Gasteiger partial charge in [0.1, 0.15) is 6.04 Å². The molecule has 0 radical (unpaired) electrons. The topological polar surface area (TPSA) is 133 Å². The molecule has 1 aromatic rings. The summed E-state index contributed by atoms with van der Waals surface area (Å²) in [7, 11) is 0. The van der Waals surface area contributed by atoms with Gasteiger partial charge in [-0.05, 0) is 12.8 Å². The maximum atomic E-state index is 11.6. The Balaban J connectivity index is 2.53. The summed E-state index contributed by atoms with van der Waals surface area (Å²) in [5, 5.41) is 26.9. The molecule has 9 nitrogen and oxygen atoms in total. The van der Waals surface area contributed by atoms with Crippen LogP contribution < -0.4 is 10.6 Å². The molecule has 1 heterocycles. The maximum Gasteiger partial charge on any atom is 0.326 e. The summed E-state index contributed by atoms with van der Waals surface area (Å²) in [6, 6.07) is -2.00. The molecule has 2 atom stereocenters. The quantitative estimate of drug-likeness (QED) is 0.570. The Morgan fingerprint density at radius 3 is 2.39 bits per heavy atom. The van der Waals surface area contributed by atoms with Crippen molar-refractivity contribution in [2.24, 2.45) is 5.92 Å². The highest BCUT2D eigenvalue weighted by Crippen LogP contribution is 2.04. The second-order valence-corrected chi connectivity index (χ2v) is 4.17. The lowest BCUT2D eigenvalue weighted by Crippen LogP contribution is -2.49. The van der Waals surface area contributed by atoms with Crippen LogP contribution in [0.5, 0.6) is 0 Å². The predicted octanol–water partition coefficient (Wildman–Crippen LogP) is -0.331. The van der Waals surface area contributed by atoms with Crippen LogP contribution in [-0.2, 0) is 4.79 Å². The van der Waals surface area contributed by atoms with Crippen LogP contribution in [0.1, 0.15) is 32.6 Å². The maximum absolute atomic E-state index is 11.6. The molecule has 0 fully saturated rings. The summed E-state index contributed by atoms with van der Waals surface area (Å²) in [6.07, 6.45) is 0. The van der Waals surface area contributed by atoms with E-state index < -0.39 is 24.1 Å². The average molecular weight is 256 g/mol. The first-order valence-corrected chi connectivity index (χ1v) is 5.45. The Hall–Kier alpha value is -2.19. The van der Waals surface area contributed by atoms with Crippen molar-refractivity contribution in [1.82, 2.24) is 31.3 Å². The Morgan fingerprint density at radius 2 is 1.94 bits per heavy atom. The lowest BCUT2D eigenvalue weighted by atomic mass is 10.1. The van der Waals surface area contributed by atoms with Gasteiger partial charge in [0.15, 0.2) is 5.82 Å². The number of carboxylic acids is 1. The van der Waals surface area contributed by atoms with Crippen molar-refractivity contribution in [1.29, 1.82) is 0 Å². The highest BCUT2D eigenvalue weighted by Gasteiger charge is 2.24. The number of H-pyrrole nitrogens is 1. The molecule has 0 aromatic carbocycles. The third kappa shape index (κ3) is 3.68. The van der Waals surface area contributed by atoms with E-state index in [-0.39, 0.29) is 5.92 Å². The Morgan fingerprint density at radius 1 is 1.28 bits per heavy atom. The zero-order chi connectivity index (χ0) is 13.7. The second-order valence-electron chi connectivity index (χ2n) is 4.17. The third-order valence-corrected chi connectivity index (χ3v) is 2.32. The van der Waals surface area contributed by atoms with E-state index >= 15 is 0 Å². The molecule has 4 N–H and O–H groups in total. The van der Waals surface area contributed by atoms with Crippen LogP contribution in [0.4, 0.5) is 4.79 Å². The van der Waals surface area contributed by atoms with Crippen molar-refractivity contribution < 1.29 is 14.7 Å². The number of carbonyl (C=O) groups excluding carboxylic acids is 1. The standard InChI is InChI=1S/C9H16N6O3/c1-4(2)6(8(16)17)11-9(18)10-5(3)7-12-14-15-13-7/h4-6H,1-3H3,(H,16,17)(H2,10,11,18)(H,12,13,14,15)/t5?,6-/m0/s1. The number of hydrogen-bond donors (Lipinski definition) is 4. The molecular formula is C9H16N6O3. The first-order valence-electron chi connectivity index (χ1n) is 5.45. The number of amides is 2. The number of rotatable bonds is 5. The minimum absolute atomic E-state index is 0.214. The van der Waals surface area contributed by atoms with Crippen LogP contribution in [-0.4, -0.2) is 43.8 Å². The fourth-order valence-corrected chi connectivity index (χ4v) is 1.31. The van der Waals surface area contributed by atoms with Gasteiger partial charge in [-0.2, -0.15) is 5.21 Å². The summed E-state index contributed by atoms with van der Waals surface area (Å²) in [4.78, 5) is 22.5. The van der Waals surface area contributed by atoms with E-state index in [1.165, 1.54) is 0 Å². The second kappa shape index (κ2) is 5.94. The van der Waals surface area contributed by atoms with E-state index in [0.29, 0.717) is 5.82 Å². The number of nitrogens with zero attached hydrogens (tertiary/aromatic N) is 3. The predicted molar refractivity (Wildman–Crippen MR) is 60.5 cm³/mol. The average Bonchev–Trinajstić information content (AvgIpc) is 2.78. The fraction of sp³-hybridized carbons (Fsp3) is 0.667. The normalized spacial score (nSPS) is 14.0.